The lowest BCUT2D eigenvalue weighted by atomic mass is 10.1. The molecule has 0 unspecified atom stereocenters. The van der Waals surface area contributed by atoms with Gasteiger partial charge < -0.3 is 15.0 Å². The molecule has 3 rings (SSSR count). The van der Waals surface area contributed by atoms with Crippen LogP contribution in [-0.4, -0.2) is 23.2 Å². The van der Waals surface area contributed by atoms with Gasteiger partial charge in [-0.25, -0.2) is 4.98 Å². The number of nitrogens with two attached hydrogens (primary N) is 1. The van der Waals surface area contributed by atoms with Crippen molar-refractivity contribution >= 4 is 11.0 Å². The van der Waals surface area contributed by atoms with Crippen molar-refractivity contribution in [2.75, 3.05) is 13.7 Å². The number of methoxy groups -OCH3 is 1. The number of hydrogen-bond acceptors (Lipinski definition) is 3. The normalized spacial score (nSPS) is 11.0. The van der Waals surface area contributed by atoms with Crippen LogP contribution in [0.2, 0.25) is 0 Å². The summed E-state index contributed by atoms with van der Waals surface area (Å²) in [5, 5.41) is 0. The van der Waals surface area contributed by atoms with E-state index in [2.05, 4.69) is 34.9 Å². The van der Waals surface area contributed by atoms with Gasteiger partial charge in [-0.15, -0.1) is 0 Å². The Kier molecular flexibility index (Phi) is 4.93. The molecular weight excluding hydrogens is 286 g/mol. The molecular formula is C19H23N3O. The van der Waals surface area contributed by atoms with E-state index in [1.165, 1.54) is 11.1 Å². The number of hydrogen-bond donors (Lipinski definition) is 1. The third kappa shape index (κ3) is 3.54. The molecule has 0 aliphatic carbocycles. The Bertz CT molecular complexity index is 762. The summed E-state index contributed by atoms with van der Waals surface area (Å²) in [6.07, 6.45) is 2.93. The summed E-state index contributed by atoms with van der Waals surface area (Å²) < 4.78 is 7.55. The van der Waals surface area contributed by atoms with Gasteiger partial charge in [-0.05, 0) is 49.2 Å². The quantitative estimate of drug-likeness (QED) is 0.681. The molecule has 3 aromatic rings. The van der Waals surface area contributed by atoms with Gasteiger partial charge in [-0.2, -0.15) is 0 Å². The summed E-state index contributed by atoms with van der Waals surface area (Å²) in [6, 6.07) is 16.5. The number of aromatic nitrogens is 2. The smallest absolute Gasteiger partial charge is 0.118 e. The molecule has 2 N–H and O–H groups in total. The number of benzene rings is 2. The Hall–Kier alpha value is -2.33. The second-order valence-corrected chi connectivity index (χ2v) is 5.69. The maximum atomic E-state index is 5.63. The van der Waals surface area contributed by atoms with Crippen LogP contribution in [0, 0.1) is 0 Å². The highest BCUT2D eigenvalue weighted by atomic mass is 16.5. The van der Waals surface area contributed by atoms with E-state index in [-0.39, 0.29) is 0 Å². The van der Waals surface area contributed by atoms with E-state index in [1.54, 1.807) is 7.11 Å². The second kappa shape index (κ2) is 7.29. The Morgan fingerprint density at radius 2 is 1.83 bits per heavy atom. The maximum absolute atomic E-state index is 5.63. The van der Waals surface area contributed by atoms with Crippen molar-refractivity contribution in [1.82, 2.24) is 9.55 Å². The van der Waals surface area contributed by atoms with Crippen LogP contribution in [0.3, 0.4) is 0 Å². The molecule has 2 aromatic carbocycles. The fourth-order valence-corrected chi connectivity index (χ4v) is 2.85. The zero-order valence-electron chi connectivity index (χ0n) is 13.5. The monoisotopic (exact) mass is 309 g/mol. The van der Waals surface area contributed by atoms with E-state index in [0.717, 1.165) is 49.4 Å². The minimum Gasteiger partial charge on any atom is -0.497 e. The van der Waals surface area contributed by atoms with Gasteiger partial charge in [0.2, 0.25) is 0 Å². The molecule has 0 bridgehead atoms. The fourth-order valence-electron chi connectivity index (χ4n) is 2.85. The van der Waals surface area contributed by atoms with Gasteiger partial charge in [-0.3, -0.25) is 0 Å². The van der Waals surface area contributed by atoms with Gasteiger partial charge >= 0.3 is 0 Å². The molecule has 4 nitrogen and oxygen atoms in total. The number of para-hydroxylation sites is 2. The van der Waals surface area contributed by atoms with Crippen LogP contribution >= 0.6 is 0 Å². The van der Waals surface area contributed by atoms with E-state index in [0.29, 0.717) is 0 Å². The first-order chi connectivity index (χ1) is 11.3. The van der Waals surface area contributed by atoms with E-state index >= 15 is 0 Å². The molecule has 0 atom stereocenters. The number of aryl methyl sites for hydroxylation is 1. The summed E-state index contributed by atoms with van der Waals surface area (Å²) in [5.74, 6) is 1.98. The zero-order valence-corrected chi connectivity index (χ0v) is 13.5. The van der Waals surface area contributed by atoms with Crippen LogP contribution in [-0.2, 0) is 13.0 Å². The first-order valence-corrected chi connectivity index (χ1v) is 8.09. The summed E-state index contributed by atoms with van der Waals surface area (Å²) in [6.45, 7) is 1.70. The molecule has 0 saturated heterocycles. The van der Waals surface area contributed by atoms with Crippen molar-refractivity contribution in [2.24, 2.45) is 5.73 Å². The van der Waals surface area contributed by atoms with Crippen molar-refractivity contribution in [3.63, 3.8) is 0 Å². The summed E-state index contributed by atoms with van der Waals surface area (Å²) in [4.78, 5) is 4.83. The van der Waals surface area contributed by atoms with Crippen molar-refractivity contribution in [3.8, 4) is 5.75 Å². The molecule has 0 aliphatic heterocycles. The molecule has 0 radical (unpaired) electrons. The molecule has 0 fully saturated rings. The van der Waals surface area contributed by atoms with Crippen LogP contribution in [0.1, 0.15) is 24.2 Å². The first-order valence-electron chi connectivity index (χ1n) is 8.09. The van der Waals surface area contributed by atoms with E-state index in [1.807, 2.05) is 18.2 Å². The second-order valence-electron chi connectivity index (χ2n) is 5.69. The number of rotatable bonds is 7. The molecule has 0 saturated carbocycles. The van der Waals surface area contributed by atoms with Crippen molar-refractivity contribution in [2.45, 2.75) is 25.8 Å². The molecule has 120 valence electrons. The molecule has 1 heterocycles. The van der Waals surface area contributed by atoms with Gasteiger partial charge in [0.05, 0.1) is 18.1 Å². The number of imidazole rings is 1. The largest absolute Gasteiger partial charge is 0.497 e. The first kappa shape index (κ1) is 15.6. The van der Waals surface area contributed by atoms with Crippen LogP contribution in [0.15, 0.2) is 48.5 Å². The van der Waals surface area contributed by atoms with Crippen LogP contribution in [0.5, 0.6) is 5.75 Å². The molecule has 0 aliphatic rings. The summed E-state index contributed by atoms with van der Waals surface area (Å²) in [7, 11) is 1.69. The van der Waals surface area contributed by atoms with Crippen LogP contribution in [0.4, 0.5) is 0 Å². The standard InChI is InChI=1S/C19H23N3O/c1-23-16-10-8-15(9-11-16)14-19-21-17-6-2-3-7-18(17)22(19)13-5-4-12-20/h2-3,6-11H,4-5,12-14,20H2,1H3. The zero-order chi connectivity index (χ0) is 16.1. The van der Waals surface area contributed by atoms with Gasteiger partial charge in [0, 0.05) is 13.0 Å². The van der Waals surface area contributed by atoms with Crippen molar-refractivity contribution < 1.29 is 4.74 Å². The third-order valence-corrected chi connectivity index (χ3v) is 4.09. The average Bonchev–Trinajstić information content (AvgIpc) is 2.93. The number of nitrogens with zero attached hydrogens (tertiary/aromatic N) is 2. The van der Waals surface area contributed by atoms with Gasteiger partial charge in [0.15, 0.2) is 0 Å². The Balaban J connectivity index is 1.89. The minimum absolute atomic E-state index is 0.737. The minimum atomic E-state index is 0.737. The van der Waals surface area contributed by atoms with Gasteiger partial charge in [-0.1, -0.05) is 24.3 Å². The lowest BCUT2D eigenvalue weighted by Crippen LogP contribution is -2.07. The molecule has 4 heteroatoms. The molecule has 0 spiro atoms. The number of unbranched alkanes of at least 4 members (excludes halogenated alkanes) is 1. The summed E-state index contributed by atoms with van der Waals surface area (Å²) >= 11 is 0. The molecule has 1 aromatic heterocycles. The topological polar surface area (TPSA) is 53.1 Å². The van der Waals surface area contributed by atoms with Crippen molar-refractivity contribution in [1.29, 1.82) is 0 Å². The molecule has 23 heavy (non-hydrogen) atoms. The number of ether oxygens (including phenoxy) is 1. The highest BCUT2D eigenvalue weighted by molar-refractivity contribution is 5.76. The van der Waals surface area contributed by atoms with E-state index < -0.39 is 0 Å². The van der Waals surface area contributed by atoms with Gasteiger partial charge in [0.1, 0.15) is 11.6 Å². The predicted octanol–water partition coefficient (Wildman–Crippen LogP) is 3.37. The van der Waals surface area contributed by atoms with Crippen molar-refractivity contribution in [3.05, 3.63) is 59.9 Å². The third-order valence-electron chi connectivity index (χ3n) is 4.09. The van der Waals surface area contributed by atoms with E-state index in [9.17, 15) is 0 Å². The molecule has 0 amide bonds. The lowest BCUT2D eigenvalue weighted by Gasteiger charge is -2.09. The Morgan fingerprint density at radius 1 is 1.04 bits per heavy atom. The average molecular weight is 309 g/mol. The fraction of sp³-hybridized carbons (Fsp3) is 0.316. The van der Waals surface area contributed by atoms with Gasteiger partial charge in [0.25, 0.3) is 0 Å². The number of fused-ring (bicyclic) bond motifs is 1. The Labute approximate surface area is 136 Å². The predicted molar refractivity (Wildman–Crippen MR) is 93.8 cm³/mol. The summed E-state index contributed by atoms with van der Waals surface area (Å²) in [5.41, 5.74) is 9.13. The highest BCUT2D eigenvalue weighted by Gasteiger charge is 2.10. The lowest BCUT2D eigenvalue weighted by molar-refractivity contribution is 0.414. The van der Waals surface area contributed by atoms with E-state index in [4.69, 9.17) is 15.5 Å². The highest BCUT2D eigenvalue weighted by Crippen LogP contribution is 2.20. The Morgan fingerprint density at radius 3 is 2.57 bits per heavy atom. The SMILES string of the molecule is COc1ccc(Cc2nc3ccccc3n2CCCCN)cc1. The van der Waals surface area contributed by atoms with Crippen LogP contribution < -0.4 is 10.5 Å². The van der Waals surface area contributed by atoms with Crippen LogP contribution in [0.25, 0.3) is 11.0 Å². The maximum Gasteiger partial charge on any atom is 0.118 e.